The van der Waals surface area contributed by atoms with Crippen LogP contribution in [0.15, 0.2) is 48.5 Å². The molecule has 0 fully saturated rings. The van der Waals surface area contributed by atoms with Crippen molar-refractivity contribution in [2.75, 3.05) is 20.8 Å². The summed E-state index contributed by atoms with van der Waals surface area (Å²) in [7, 11) is 3.20. The molecule has 170 valence electrons. The van der Waals surface area contributed by atoms with E-state index in [1.165, 1.54) is 0 Å². The Kier molecular flexibility index (Phi) is 5.54. The molecule has 1 amide bonds. The first-order chi connectivity index (χ1) is 16.1. The fourth-order valence-corrected chi connectivity index (χ4v) is 4.59. The summed E-state index contributed by atoms with van der Waals surface area (Å²) < 4.78 is 30.2. The monoisotopic (exact) mass is 448 g/mol. The van der Waals surface area contributed by atoms with Gasteiger partial charge in [-0.05, 0) is 65.2 Å². The van der Waals surface area contributed by atoms with Crippen LogP contribution in [0.3, 0.4) is 0 Å². The van der Waals surface area contributed by atoms with Gasteiger partial charge >= 0.3 is 6.09 Å². The quantitative estimate of drug-likeness (QED) is 0.664. The van der Waals surface area contributed by atoms with Crippen molar-refractivity contribution >= 4 is 18.2 Å². The minimum Gasteiger partial charge on any atom is -0.497 e. The number of benzene rings is 2. The highest BCUT2D eigenvalue weighted by Gasteiger charge is 2.35. The number of carbonyl (C=O) groups is 1. The molecule has 0 bridgehead atoms. The van der Waals surface area contributed by atoms with Crippen LogP contribution in [-0.2, 0) is 6.42 Å². The average molecular weight is 448 g/mol. The minimum absolute atomic E-state index is 0.369. The first-order valence-electron chi connectivity index (χ1n) is 10.9. The van der Waals surface area contributed by atoms with Crippen LogP contribution in [0.2, 0.25) is 0 Å². The predicted octanol–water partition coefficient (Wildman–Crippen LogP) is 3.48. The van der Waals surface area contributed by atoms with Crippen molar-refractivity contribution in [2.24, 2.45) is 0 Å². The van der Waals surface area contributed by atoms with Crippen LogP contribution in [0.5, 0.6) is 17.2 Å². The number of nitrogens with zero attached hydrogens (tertiary/aromatic N) is 1. The molecule has 2 atom stereocenters. The maximum absolute atomic E-state index is 14.0. The molecule has 0 radical (unpaired) electrons. The van der Waals surface area contributed by atoms with Gasteiger partial charge in [-0.1, -0.05) is 18.2 Å². The zero-order chi connectivity index (χ0) is 22.9. The van der Waals surface area contributed by atoms with Gasteiger partial charge in [0.1, 0.15) is 29.5 Å². The third-order valence-electron chi connectivity index (χ3n) is 6.22. The SMILES string of the molecule is COc1ccc(OC(=O)N2CCc3c([nH]c4c3=CCC(F)C=4)C2c2ccc(OC)cc2)cc1. The molecule has 2 aromatic carbocycles. The second kappa shape index (κ2) is 8.65. The number of rotatable bonds is 4. The van der Waals surface area contributed by atoms with E-state index in [-0.39, 0.29) is 0 Å². The highest BCUT2D eigenvalue weighted by molar-refractivity contribution is 5.73. The van der Waals surface area contributed by atoms with E-state index >= 15 is 0 Å². The largest absolute Gasteiger partial charge is 0.497 e. The third-order valence-corrected chi connectivity index (χ3v) is 6.22. The van der Waals surface area contributed by atoms with E-state index in [9.17, 15) is 9.18 Å². The summed E-state index contributed by atoms with van der Waals surface area (Å²) in [5.41, 5.74) is 2.94. The van der Waals surface area contributed by atoms with Crippen LogP contribution < -0.4 is 24.8 Å². The van der Waals surface area contributed by atoms with Gasteiger partial charge in [0.25, 0.3) is 0 Å². The van der Waals surface area contributed by atoms with Crippen molar-refractivity contribution in [3.05, 3.63) is 75.9 Å². The Morgan fingerprint density at radius 2 is 1.64 bits per heavy atom. The molecule has 0 saturated heterocycles. The van der Waals surface area contributed by atoms with Crippen LogP contribution >= 0.6 is 0 Å². The van der Waals surface area contributed by atoms with Crippen molar-refractivity contribution in [1.29, 1.82) is 0 Å². The Labute approximate surface area is 190 Å². The highest BCUT2D eigenvalue weighted by Crippen LogP contribution is 2.34. The van der Waals surface area contributed by atoms with Crippen LogP contribution in [0.25, 0.3) is 12.2 Å². The van der Waals surface area contributed by atoms with E-state index in [1.807, 2.05) is 30.3 Å². The molecule has 2 unspecified atom stereocenters. The van der Waals surface area contributed by atoms with Crippen LogP contribution in [0, 0.1) is 0 Å². The zero-order valence-corrected chi connectivity index (χ0v) is 18.5. The lowest BCUT2D eigenvalue weighted by atomic mass is 9.92. The molecule has 2 heterocycles. The number of alkyl halides is 1. The van der Waals surface area contributed by atoms with E-state index in [1.54, 1.807) is 49.5 Å². The molecule has 1 aliphatic heterocycles. The Morgan fingerprint density at radius 3 is 2.30 bits per heavy atom. The summed E-state index contributed by atoms with van der Waals surface area (Å²) in [5.74, 6) is 1.85. The van der Waals surface area contributed by atoms with Crippen molar-refractivity contribution < 1.29 is 23.4 Å². The Hall–Kier alpha value is -3.74. The summed E-state index contributed by atoms with van der Waals surface area (Å²) in [4.78, 5) is 18.4. The molecule has 1 N–H and O–H groups in total. The summed E-state index contributed by atoms with van der Waals surface area (Å²) in [6.07, 6.45) is 3.15. The number of fused-ring (bicyclic) bond motifs is 3. The van der Waals surface area contributed by atoms with Crippen LogP contribution in [0.1, 0.15) is 29.3 Å². The smallest absolute Gasteiger partial charge is 0.416 e. The maximum atomic E-state index is 14.0. The fraction of sp³-hybridized carbons (Fsp3) is 0.269. The zero-order valence-electron chi connectivity index (χ0n) is 18.5. The number of carbonyl (C=O) groups excluding carboxylic acids is 1. The third kappa shape index (κ3) is 3.95. The van der Waals surface area contributed by atoms with Gasteiger partial charge in [-0.25, -0.2) is 9.18 Å². The average Bonchev–Trinajstić information content (AvgIpc) is 3.21. The van der Waals surface area contributed by atoms with E-state index in [4.69, 9.17) is 14.2 Å². The number of nitrogens with one attached hydrogen (secondary N) is 1. The number of ether oxygens (including phenoxy) is 3. The van der Waals surface area contributed by atoms with Gasteiger partial charge in [-0.2, -0.15) is 0 Å². The van der Waals surface area contributed by atoms with Crippen molar-refractivity contribution in [3.63, 3.8) is 0 Å². The lowest BCUT2D eigenvalue weighted by molar-refractivity contribution is 0.135. The van der Waals surface area contributed by atoms with Gasteiger partial charge in [0, 0.05) is 24.0 Å². The van der Waals surface area contributed by atoms with Gasteiger partial charge in [0.2, 0.25) is 0 Å². The minimum atomic E-state index is -1.01. The first kappa shape index (κ1) is 21.1. The molecule has 5 rings (SSSR count). The lowest BCUT2D eigenvalue weighted by Gasteiger charge is -2.35. The van der Waals surface area contributed by atoms with Crippen molar-refractivity contribution in [2.45, 2.75) is 25.1 Å². The summed E-state index contributed by atoms with van der Waals surface area (Å²) in [5, 5.41) is 1.82. The Bertz CT molecular complexity index is 1280. The van der Waals surface area contributed by atoms with Gasteiger partial charge in [-0.15, -0.1) is 0 Å². The fourth-order valence-electron chi connectivity index (χ4n) is 4.59. The second-order valence-corrected chi connectivity index (χ2v) is 8.13. The number of halogens is 1. The van der Waals surface area contributed by atoms with Crippen LogP contribution in [-0.4, -0.2) is 42.9 Å². The number of aromatic amines is 1. The molecule has 3 aromatic rings. The first-order valence-corrected chi connectivity index (χ1v) is 10.9. The van der Waals surface area contributed by atoms with Crippen molar-refractivity contribution in [1.82, 2.24) is 9.88 Å². The maximum Gasteiger partial charge on any atom is 0.416 e. The van der Waals surface area contributed by atoms with E-state index in [0.717, 1.165) is 33.1 Å². The van der Waals surface area contributed by atoms with Gasteiger partial charge in [0.15, 0.2) is 0 Å². The Morgan fingerprint density at radius 1 is 1.00 bits per heavy atom. The summed E-state index contributed by atoms with van der Waals surface area (Å²) in [6.45, 7) is 0.482. The number of amides is 1. The molecular formula is C26H25FN2O4. The molecule has 1 aliphatic carbocycles. The van der Waals surface area contributed by atoms with Gasteiger partial charge < -0.3 is 19.2 Å². The normalized spacial score (nSPS) is 18.9. The summed E-state index contributed by atoms with van der Waals surface area (Å²) in [6, 6.07) is 14.1. The topological polar surface area (TPSA) is 63.8 Å². The molecule has 2 aliphatic rings. The van der Waals surface area contributed by atoms with E-state index < -0.39 is 18.3 Å². The van der Waals surface area contributed by atoms with E-state index in [2.05, 4.69) is 4.98 Å². The lowest BCUT2D eigenvalue weighted by Crippen LogP contribution is -2.43. The molecule has 33 heavy (non-hydrogen) atoms. The molecule has 0 spiro atoms. The van der Waals surface area contributed by atoms with Gasteiger partial charge in [0.05, 0.1) is 14.2 Å². The van der Waals surface area contributed by atoms with Crippen LogP contribution in [0.4, 0.5) is 9.18 Å². The molecule has 0 saturated carbocycles. The molecule has 7 heteroatoms. The number of H-pyrrole nitrogens is 1. The Balaban J connectivity index is 1.54. The molecular weight excluding hydrogens is 423 g/mol. The predicted molar refractivity (Wildman–Crippen MR) is 123 cm³/mol. The summed E-state index contributed by atoms with van der Waals surface area (Å²) >= 11 is 0. The molecule has 1 aromatic heterocycles. The highest BCUT2D eigenvalue weighted by atomic mass is 19.1. The van der Waals surface area contributed by atoms with Gasteiger partial charge in [-0.3, -0.25) is 4.90 Å². The molecule has 6 nitrogen and oxygen atoms in total. The van der Waals surface area contributed by atoms with Crippen molar-refractivity contribution in [3.8, 4) is 17.2 Å². The van der Waals surface area contributed by atoms with E-state index in [0.29, 0.717) is 30.9 Å². The number of aromatic nitrogens is 1. The number of hydrogen-bond acceptors (Lipinski definition) is 4. The number of hydrogen-bond donors (Lipinski definition) is 1. The second-order valence-electron chi connectivity index (χ2n) is 8.13. The number of methoxy groups -OCH3 is 2. The standard InChI is InChI=1S/C26H25FN2O4/c1-31-18-6-3-16(4-7-18)25-24-22(21-12-5-17(27)15-23(21)28-24)13-14-29(25)26(30)33-20-10-8-19(32-2)9-11-20/h3-4,6-12,15,17,25,28H,5,13-14H2,1-2H3.